The Labute approximate surface area is 219 Å². The first-order chi connectivity index (χ1) is 17.6. The SMILES string of the molecule is C=CCN(CCN1CCOCC1)C(=O)C1N([C@@H](CO)[C@@H](C)CC)C(=O)[C@@H]2[C@@H](C(=O)O)[C@]3(C)OC12CC3C. The zero-order valence-corrected chi connectivity index (χ0v) is 22.6. The second kappa shape index (κ2) is 10.6. The molecule has 4 saturated heterocycles. The average molecular weight is 522 g/mol. The molecule has 3 unspecified atom stereocenters. The molecule has 4 rings (SSSR count). The van der Waals surface area contributed by atoms with Gasteiger partial charge in [0.05, 0.1) is 37.4 Å². The first-order valence-corrected chi connectivity index (χ1v) is 13.6. The second-order valence-corrected chi connectivity index (χ2v) is 11.5. The van der Waals surface area contributed by atoms with Gasteiger partial charge in [0.15, 0.2) is 0 Å². The van der Waals surface area contributed by atoms with Crippen LogP contribution in [0.3, 0.4) is 0 Å². The van der Waals surface area contributed by atoms with Crippen LogP contribution in [0.5, 0.6) is 0 Å². The maximum atomic E-state index is 14.4. The lowest BCUT2D eigenvalue weighted by Crippen LogP contribution is -2.60. The van der Waals surface area contributed by atoms with Crippen molar-refractivity contribution in [2.24, 2.45) is 23.7 Å². The smallest absolute Gasteiger partial charge is 0.310 e. The van der Waals surface area contributed by atoms with Crippen molar-refractivity contribution < 1.29 is 34.1 Å². The van der Waals surface area contributed by atoms with Gasteiger partial charge in [-0.25, -0.2) is 0 Å². The molecule has 208 valence electrons. The molecule has 8 atom stereocenters. The van der Waals surface area contributed by atoms with Crippen LogP contribution >= 0.6 is 0 Å². The summed E-state index contributed by atoms with van der Waals surface area (Å²) in [5.41, 5.74) is -2.29. The van der Waals surface area contributed by atoms with E-state index in [-0.39, 0.29) is 24.3 Å². The molecule has 4 aliphatic rings. The van der Waals surface area contributed by atoms with Gasteiger partial charge in [-0.05, 0) is 25.2 Å². The van der Waals surface area contributed by atoms with Crippen LogP contribution in [0, 0.1) is 23.7 Å². The van der Waals surface area contributed by atoms with Crippen molar-refractivity contribution in [3.05, 3.63) is 12.7 Å². The summed E-state index contributed by atoms with van der Waals surface area (Å²) in [6.07, 6.45) is 2.78. The summed E-state index contributed by atoms with van der Waals surface area (Å²) in [5.74, 6) is -4.01. The van der Waals surface area contributed by atoms with E-state index in [1.54, 1.807) is 17.9 Å². The summed E-state index contributed by atoms with van der Waals surface area (Å²) >= 11 is 0. The van der Waals surface area contributed by atoms with Crippen LogP contribution in [-0.2, 0) is 23.9 Å². The molecule has 4 aliphatic heterocycles. The Bertz CT molecular complexity index is 908. The number of likely N-dealkylation sites (tertiary alicyclic amines) is 1. The molecule has 2 amide bonds. The predicted molar refractivity (Wildman–Crippen MR) is 136 cm³/mol. The molecule has 0 aromatic carbocycles. The first-order valence-electron chi connectivity index (χ1n) is 13.6. The number of nitrogens with zero attached hydrogens (tertiary/aromatic N) is 3. The van der Waals surface area contributed by atoms with Crippen molar-refractivity contribution in [1.29, 1.82) is 0 Å². The van der Waals surface area contributed by atoms with Gasteiger partial charge in [0.25, 0.3) is 0 Å². The number of carbonyl (C=O) groups is 3. The topological polar surface area (TPSA) is 120 Å². The highest BCUT2D eigenvalue weighted by atomic mass is 16.5. The summed E-state index contributed by atoms with van der Waals surface area (Å²) in [6, 6.07) is -1.62. The Morgan fingerprint density at radius 2 is 2.00 bits per heavy atom. The molecule has 10 nitrogen and oxygen atoms in total. The number of carbonyl (C=O) groups excluding carboxylic acids is 2. The summed E-state index contributed by atoms with van der Waals surface area (Å²) in [6.45, 7) is 15.4. The fourth-order valence-corrected chi connectivity index (χ4v) is 7.21. The molecule has 0 saturated carbocycles. The van der Waals surface area contributed by atoms with Crippen LogP contribution in [0.1, 0.15) is 40.5 Å². The van der Waals surface area contributed by atoms with Gasteiger partial charge in [0, 0.05) is 32.7 Å². The maximum absolute atomic E-state index is 14.4. The molecule has 0 aliphatic carbocycles. The van der Waals surface area contributed by atoms with Crippen LogP contribution < -0.4 is 0 Å². The lowest BCUT2D eigenvalue weighted by molar-refractivity contribution is -0.161. The number of hydrogen-bond acceptors (Lipinski definition) is 7. The summed E-state index contributed by atoms with van der Waals surface area (Å²) < 4.78 is 12.0. The van der Waals surface area contributed by atoms with Gasteiger partial charge in [-0.15, -0.1) is 6.58 Å². The molecule has 1 spiro atoms. The zero-order chi connectivity index (χ0) is 27.1. The minimum absolute atomic E-state index is 0.0887. The minimum atomic E-state index is -1.25. The number of carboxylic acid groups (broad SMARTS) is 1. The van der Waals surface area contributed by atoms with Crippen LogP contribution in [0.15, 0.2) is 12.7 Å². The lowest BCUT2D eigenvalue weighted by Gasteiger charge is -2.41. The van der Waals surface area contributed by atoms with Gasteiger partial charge in [0.1, 0.15) is 17.6 Å². The molecular weight excluding hydrogens is 478 g/mol. The summed E-state index contributed by atoms with van der Waals surface area (Å²) in [7, 11) is 0. The van der Waals surface area contributed by atoms with Crippen molar-refractivity contribution in [1.82, 2.24) is 14.7 Å². The molecule has 37 heavy (non-hydrogen) atoms. The minimum Gasteiger partial charge on any atom is -0.481 e. The molecule has 10 heteroatoms. The molecule has 0 aromatic rings. The molecule has 0 radical (unpaired) electrons. The third-order valence-corrected chi connectivity index (χ3v) is 9.55. The van der Waals surface area contributed by atoms with Crippen LogP contribution in [0.2, 0.25) is 0 Å². The Morgan fingerprint density at radius 1 is 1.32 bits per heavy atom. The number of carboxylic acids is 1. The number of aliphatic carboxylic acids is 1. The standard InChI is InChI=1S/C27H43N3O7/c1-6-8-29(10-9-28-11-13-36-14-12-28)24(33)22-27-15-18(4)26(5,37-27)21(25(34)35)20(27)23(32)30(22)19(16-31)17(3)7-2/h6,17-22,31H,1,7-16H2,2-5H3,(H,34,35)/t17-,18?,19-,20-,21-,22?,26+,27?/m0/s1. The Hall–Kier alpha value is -2.01. The quantitative estimate of drug-likeness (QED) is 0.384. The predicted octanol–water partition coefficient (Wildman–Crippen LogP) is 0.836. The average Bonchev–Trinajstić information content (AvgIpc) is 3.39. The molecule has 2 N–H and O–H groups in total. The van der Waals surface area contributed by atoms with E-state index >= 15 is 0 Å². The number of morpholine rings is 1. The Kier molecular flexibility index (Phi) is 8.05. The molecule has 2 bridgehead atoms. The van der Waals surface area contributed by atoms with Crippen LogP contribution in [0.4, 0.5) is 0 Å². The summed E-state index contributed by atoms with van der Waals surface area (Å²) in [5, 5.41) is 20.7. The fraction of sp³-hybridized carbons (Fsp3) is 0.815. The van der Waals surface area contributed by atoms with E-state index in [0.29, 0.717) is 45.7 Å². The second-order valence-electron chi connectivity index (χ2n) is 11.5. The van der Waals surface area contributed by atoms with Crippen LogP contribution in [-0.4, -0.2) is 119 Å². The molecule has 4 fully saturated rings. The number of hydrogen-bond donors (Lipinski definition) is 2. The van der Waals surface area contributed by atoms with Gasteiger partial charge < -0.3 is 29.5 Å². The van der Waals surface area contributed by atoms with Crippen molar-refractivity contribution in [3.8, 4) is 0 Å². The van der Waals surface area contributed by atoms with Crippen LogP contribution in [0.25, 0.3) is 0 Å². The highest BCUT2D eigenvalue weighted by Gasteiger charge is 2.80. The van der Waals surface area contributed by atoms with E-state index in [1.807, 2.05) is 20.8 Å². The maximum Gasteiger partial charge on any atom is 0.310 e. The van der Waals surface area contributed by atoms with Crippen molar-refractivity contribution in [2.75, 3.05) is 52.5 Å². The van der Waals surface area contributed by atoms with Gasteiger partial charge in [-0.2, -0.15) is 0 Å². The number of amides is 2. The largest absolute Gasteiger partial charge is 0.481 e. The van der Waals surface area contributed by atoms with E-state index in [4.69, 9.17) is 9.47 Å². The monoisotopic (exact) mass is 521 g/mol. The normalized spacial score (nSPS) is 36.9. The summed E-state index contributed by atoms with van der Waals surface area (Å²) in [4.78, 5) is 46.5. The fourth-order valence-electron chi connectivity index (χ4n) is 7.21. The molecule has 0 aromatic heterocycles. The Balaban J connectivity index is 1.74. The van der Waals surface area contributed by atoms with Gasteiger partial charge in [0.2, 0.25) is 11.8 Å². The molecule has 4 heterocycles. The van der Waals surface area contributed by atoms with Gasteiger partial charge in [-0.3, -0.25) is 19.3 Å². The van der Waals surface area contributed by atoms with E-state index in [9.17, 15) is 24.6 Å². The first kappa shape index (κ1) is 28.0. The van der Waals surface area contributed by atoms with Gasteiger partial charge in [-0.1, -0.05) is 33.3 Å². The zero-order valence-electron chi connectivity index (χ0n) is 22.6. The highest BCUT2D eigenvalue weighted by molar-refractivity contribution is 5.98. The number of aliphatic hydroxyl groups excluding tert-OH is 1. The van der Waals surface area contributed by atoms with E-state index in [0.717, 1.165) is 13.1 Å². The van der Waals surface area contributed by atoms with E-state index in [1.165, 1.54) is 4.90 Å². The third kappa shape index (κ3) is 4.39. The highest BCUT2D eigenvalue weighted by Crippen LogP contribution is 2.65. The number of fused-ring (bicyclic) bond motifs is 1. The van der Waals surface area contributed by atoms with Gasteiger partial charge >= 0.3 is 5.97 Å². The van der Waals surface area contributed by atoms with Crippen molar-refractivity contribution in [3.63, 3.8) is 0 Å². The van der Waals surface area contributed by atoms with Crippen molar-refractivity contribution >= 4 is 17.8 Å². The number of aliphatic hydroxyl groups is 1. The van der Waals surface area contributed by atoms with E-state index in [2.05, 4.69) is 11.5 Å². The number of ether oxygens (including phenoxy) is 2. The van der Waals surface area contributed by atoms with E-state index < -0.39 is 47.0 Å². The third-order valence-electron chi connectivity index (χ3n) is 9.55. The molecular formula is C27H43N3O7. The van der Waals surface area contributed by atoms with Crippen molar-refractivity contribution in [2.45, 2.75) is 63.8 Å². The Morgan fingerprint density at radius 3 is 2.57 bits per heavy atom. The number of rotatable bonds is 11. The lowest BCUT2D eigenvalue weighted by atomic mass is 9.62.